The van der Waals surface area contributed by atoms with Crippen molar-refractivity contribution in [2.75, 3.05) is 56.7 Å². The fourth-order valence-electron chi connectivity index (χ4n) is 3.13. The smallest absolute Gasteiger partial charge is 0.353 e. The van der Waals surface area contributed by atoms with Gasteiger partial charge in [0.1, 0.15) is 6.33 Å². The van der Waals surface area contributed by atoms with E-state index in [2.05, 4.69) is 32.3 Å². The molecule has 9 heteroatoms. The fraction of sp³-hybridized carbons (Fsp3) is 0.444. The van der Waals surface area contributed by atoms with Crippen molar-refractivity contribution in [1.82, 2.24) is 14.9 Å². The summed E-state index contributed by atoms with van der Waals surface area (Å²) in [6.45, 7) is 4.77. The lowest BCUT2D eigenvalue weighted by Gasteiger charge is -2.35. The molecule has 0 bridgehead atoms. The lowest BCUT2D eigenvalue weighted by atomic mass is 10.2. The van der Waals surface area contributed by atoms with Crippen LogP contribution >= 0.6 is 0 Å². The van der Waals surface area contributed by atoms with Gasteiger partial charge in [-0.1, -0.05) is 30.3 Å². The third-order valence-electron chi connectivity index (χ3n) is 4.50. The highest BCUT2D eigenvalue weighted by Crippen LogP contribution is 2.32. The van der Waals surface area contributed by atoms with Gasteiger partial charge in [0, 0.05) is 46.4 Å². The zero-order valence-corrected chi connectivity index (χ0v) is 15.4. The molecule has 0 spiro atoms. The van der Waals surface area contributed by atoms with Crippen LogP contribution in [0.1, 0.15) is 5.56 Å². The largest absolute Gasteiger partial charge is 0.383 e. The van der Waals surface area contributed by atoms with Crippen LogP contribution in [-0.2, 0) is 11.3 Å². The molecule has 1 aromatic carbocycles. The Kier molecular flexibility index (Phi) is 6.50. The van der Waals surface area contributed by atoms with E-state index in [0.29, 0.717) is 32.1 Å². The summed E-state index contributed by atoms with van der Waals surface area (Å²) in [7, 11) is 1.58. The van der Waals surface area contributed by atoms with Crippen molar-refractivity contribution < 1.29 is 9.66 Å². The molecule has 1 saturated heterocycles. The molecular weight excluding hydrogens is 348 g/mol. The Morgan fingerprint density at radius 1 is 1.19 bits per heavy atom. The Bertz CT molecular complexity index is 750. The molecule has 0 amide bonds. The highest BCUT2D eigenvalue weighted by atomic mass is 16.6. The number of piperazine rings is 1. The number of anilines is 2. The number of hydrogen-bond acceptors (Lipinski definition) is 8. The van der Waals surface area contributed by atoms with Gasteiger partial charge in [0.2, 0.25) is 11.6 Å². The average molecular weight is 372 g/mol. The van der Waals surface area contributed by atoms with Crippen LogP contribution < -0.4 is 10.2 Å². The monoisotopic (exact) mass is 372 g/mol. The quantitative estimate of drug-likeness (QED) is 0.425. The summed E-state index contributed by atoms with van der Waals surface area (Å²) in [5.74, 6) is 0.600. The lowest BCUT2D eigenvalue weighted by molar-refractivity contribution is -0.383. The maximum absolute atomic E-state index is 11.6. The molecule has 1 N–H and O–H groups in total. The highest BCUT2D eigenvalue weighted by Gasteiger charge is 2.29. The van der Waals surface area contributed by atoms with Crippen LogP contribution in [-0.4, -0.2) is 66.2 Å². The summed E-state index contributed by atoms with van der Waals surface area (Å²) < 4.78 is 4.98. The van der Waals surface area contributed by atoms with Crippen molar-refractivity contribution in [3.8, 4) is 0 Å². The van der Waals surface area contributed by atoms with E-state index >= 15 is 0 Å². The Hall–Kier alpha value is -2.78. The van der Waals surface area contributed by atoms with Gasteiger partial charge in [-0.2, -0.15) is 0 Å². The molecule has 27 heavy (non-hydrogen) atoms. The minimum atomic E-state index is -0.416. The zero-order valence-electron chi connectivity index (χ0n) is 15.4. The van der Waals surface area contributed by atoms with E-state index in [4.69, 9.17) is 4.74 Å². The van der Waals surface area contributed by atoms with Crippen molar-refractivity contribution in [3.05, 3.63) is 52.3 Å². The van der Waals surface area contributed by atoms with Crippen molar-refractivity contribution in [2.45, 2.75) is 6.54 Å². The maximum atomic E-state index is 11.6. The van der Waals surface area contributed by atoms with Crippen LogP contribution in [0.15, 0.2) is 36.7 Å². The standard InChI is InChI=1S/C18H24N6O3/c1-27-12-7-19-17-16(24(25)26)18(21-14-20-17)23-10-8-22(9-11-23)13-15-5-3-2-4-6-15/h2-6,14H,7-13H2,1H3,(H,19,20,21). The molecule has 144 valence electrons. The summed E-state index contributed by atoms with van der Waals surface area (Å²) in [6.07, 6.45) is 1.37. The second-order valence-electron chi connectivity index (χ2n) is 6.32. The Labute approximate surface area is 158 Å². The van der Waals surface area contributed by atoms with Crippen molar-refractivity contribution >= 4 is 17.3 Å². The highest BCUT2D eigenvalue weighted by molar-refractivity contribution is 5.70. The van der Waals surface area contributed by atoms with Gasteiger partial charge >= 0.3 is 5.69 Å². The number of ether oxygens (including phenoxy) is 1. The van der Waals surface area contributed by atoms with E-state index in [1.165, 1.54) is 11.9 Å². The van der Waals surface area contributed by atoms with Gasteiger partial charge in [0.25, 0.3) is 0 Å². The first-order chi connectivity index (χ1) is 13.2. The molecule has 0 radical (unpaired) electrons. The third-order valence-corrected chi connectivity index (χ3v) is 4.50. The van der Waals surface area contributed by atoms with Gasteiger partial charge in [-0.05, 0) is 5.56 Å². The predicted molar refractivity (Wildman–Crippen MR) is 103 cm³/mol. The number of methoxy groups -OCH3 is 1. The third kappa shape index (κ3) is 4.89. The van der Waals surface area contributed by atoms with Crippen LogP contribution in [0.25, 0.3) is 0 Å². The van der Waals surface area contributed by atoms with E-state index in [9.17, 15) is 10.1 Å². The van der Waals surface area contributed by atoms with Crippen LogP contribution in [0.3, 0.4) is 0 Å². The zero-order chi connectivity index (χ0) is 19.1. The maximum Gasteiger partial charge on any atom is 0.353 e. The first kappa shape index (κ1) is 19.0. The fourth-order valence-corrected chi connectivity index (χ4v) is 3.13. The minimum Gasteiger partial charge on any atom is -0.383 e. The van der Waals surface area contributed by atoms with E-state index in [1.807, 2.05) is 23.1 Å². The molecule has 1 fully saturated rings. The molecular formula is C18H24N6O3. The van der Waals surface area contributed by atoms with Crippen LogP contribution in [0.5, 0.6) is 0 Å². The number of nitrogens with zero attached hydrogens (tertiary/aromatic N) is 5. The van der Waals surface area contributed by atoms with Gasteiger partial charge in [0.05, 0.1) is 11.5 Å². The molecule has 0 aliphatic carbocycles. The Balaban J connectivity index is 1.68. The summed E-state index contributed by atoms with van der Waals surface area (Å²) >= 11 is 0. The Morgan fingerprint density at radius 2 is 1.93 bits per heavy atom. The molecule has 9 nitrogen and oxygen atoms in total. The van der Waals surface area contributed by atoms with Gasteiger partial charge in [-0.25, -0.2) is 9.97 Å². The number of aromatic nitrogens is 2. The number of nitrogens with one attached hydrogen (secondary N) is 1. The molecule has 1 aromatic heterocycles. The number of nitro groups is 1. The van der Waals surface area contributed by atoms with E-state index < -0.39 is 4.92 Å². The molecule has 1 aliphatic heterocycles. The second-order valence-corrected chi connectivity index (χ2v) is 6.32. The number of rotatable bonds is 8. The van der Waals surface area contributed by atoms with Crippen LogP contribution in [0, 0.1) is 10.1 Å². The second kappa shape index (κ2) is 9.24. The molecule has 1 aliphatic rings. The summed E-state index contributed by atoms with van der Waals surface area (Å²) in [5, 5.41) is 14.6. The van der Waals surface area contributed by atoms with Gasteiger partial charge in [0.15, 0.2) is 0 Å². The predicted octanol–water partition coefficient (Wildman–Crippen LogP) is 1.77. The topological polar surface area (TPSA) is 96.7 Å². The van der Waals surface area contributed by atoms with Gasteiger partial charge < -0.3 is 15.0 Å². The summed E-state index contributed by atoms with van der Waals surface area (Å²) in [5.41, 5.74) is 1.19. The first-order valence-corrected chi connectivity index (χ1v) is 8.92. The van der Waals surface area contributed by atoms with Crippen molar-refractivity contribution in [2.24, 2.45) is 0 Å². The first-order valence-electron chi connectivity index (χ1n) is 8.92. The van der Waals surface area contributed by atoms with Gasteiger partial charge in [-0.15, -0.1) is 0 Å². The van der Waals surface area contributed by atoms with E-state index in [0.717, 1.165) is 19.6 Å². The molecule has 0 atom stereocenters. The van der Waals surface area contributed by atoms with Crippen LogP contribution in [0.2, 0.25) is 0 Å². The molecule has 2 heterocycles. The van der Waals surface area contributed by atoms with Crippen LogP contribution in [0.4, 0.5) is 17.3 Å². The molecule has 0 saturated carbocycles. The summed E-state index contributed by atoms with van der Waals surface area (Å²) in [6, 6.07) is 10.3. The minimum absolute atomic E-state index is 0.0786. The van der Waals surface area contributed by atoms with Crippen molar-refractivity contribution in [3.63, 3.8) is 0 Å². The molecule has 3 rings (SSSR count). The summed E-state index contributed by atoms with van der Waals surface area (Å²) in [4.78, 5) is 23.8. The number of benzene rings is 1. The van der Waals surface area contributed by atoms with E-state index in [-0.39, 0.29) is 11.5 Å². The SMILES string of the molecule is COCCNc1ncnc(N2CCN(Cc3ccccc3)CC2)c1[N+](=O)[O-]. The molecule has 0 unspecified atom stereocenters. The van der Waals surface area contributed by atoms with E-state index in [1.54, 1.807) is 7.11 Å². The normalized spacial score (nSPS) is 14.9. The Morgan fingerprint density at radius 3 is 2.59 bits per heavy atom. The van der Waals surface area contributed by atoms with Crippen molar-refractivity contribution in [1.29, 1.82) is 0 Å². The molecule has 2 aromatic rings. The number of hydrogen-bond donors (Lipinski definition) is 1. The average Bonchev–Trinajstić information content (AvgIpc) is 2.69. The lowest BCUT2D eigenvalue weighted by Crippen LogP contribution is -2.46. The van der Waals surface area contributed by atoms with Gasteiger partial charge in [-0.3, -0.25) is 15.0 Å².